The van der Waals surface area contributed by atoms with Crippen molar-refractivity contribution in [2.45, 2.75) is 71.4 Å². The number of halogens is 2. The van der Waals surface area contributed by atoms with E-state index in [1.165, 1.54) is 47.1 Å². The van der Waals surface area contributed by atoms with Crippen LogP contribution in [-0.4, -0.2) is 3.21 Å². The van der Waals surface area contributed by atoms with Gasteiger partial charge in [-0.15, -0.1) is 0 Å². The molecule has 0 saturated carbocycles. The number of allylic oxidation sites excluding steroid dienone is 4. The molecule has 3 heteroatoms. The molecular formula is C36H42Cl2Zr. The summed E-state index contributed by atoms with van der Waals surface area (Å²) in [6.45, 7) is 16.5. The zero-order chi connectivity index (χ0) is 26.3. The molecule has 1 atom stereocenters. The minimum Gasteiger partial charge on any atom is -1.00 e. The molecule has 0 amide bonds. The quantitative estimate of drug-likeness (QED) is 0.385. The van der Waals surface area contributed by atoms with Gasteiger partial charge in [-0.3, -0.25) is 0 Å². The van der Waals surface area contributed by atoms with E-state index in [4.69, 9.17) is 0 Å². The summed E-state index contributed by atoms with van der Waals surface area (Å²) < 4.78 is 4.02. The van der Waals surface area contributed by atoms with Crippen LogP contribution < -0.4 is 24.8 Å². The van der Waals surface area contributed by atoms with E-state index in [2.05, 4.69) is 127 Å². The summed E-state index contributed by atoms with van der Waals surface area (Å²) in [5.41, 5.74) is 12.1. The van der Waals surface area contributed by atoms with Crippen molar-refractivity contribution < 1.29 is 46.1 Å². The molecule has 3 aromatic rings. The van der Waals surface area contributed by atoms with Gasteiger partial charge in [-0.05, 0) is 0 Å². The van der Waals surface area contributed by atoms with Gasteiger partial charge in [-0.1, -0.05) is 0 Å². The van der Waals surface area contributed by atoms with Gasteiger partial charge < -0.3 is 24.8 Å². The van der Waals surface area contributed by atoms with Crippen LogP contribution in [-0.2, 0) is 21.3 Å². The van der Waals surface area contributed by atoms with Crippen LogP contribution in [0, 0.1) is 25.2 Å². The molecule has 0 radical (unpaired) electrons. The molecule has 2 aliphatic rings. The first-order chi connectivity index (χ1) is 17.7. The van der Waals surface area contributed by atoms with E-state index in [1.54, 1.807) is 19.9 Å². The molecule has 0 saturated heterocycles. The minimum absolute atomic E-state index is 0. The summed E-state index contributed by atoms with van der Waals surface area (Å²) in [7, 11) is 0. The normalized spacial score (nSPS) is 16.4. The van der Waals surface area contributed by atoms with Crippen molar-refractivity contribution in [3.8, 4) is 11.1 Å². The second-order valence-electron chi connectivity index (χ2n) is 12.2. The van der Waals surface area contributed by atoms with Crippen molar-refractivity contribution >= 4 is 3.21 Å². The van der Waals surface area contributed by atoms with Crippen LogP contribution in [0.4, 0.5) is 0 Å². The average molecular weight is 637 g/mol. The summed E-state index contributed by atoms with van der Waals surface area (Å²) in [6, 6.07) is 25.8. The average Bonchev–Trinajstić information content (AvgIpc) is 3.43. The number of hydrogen-bond acceptors (Lipinski definition) is 0. The number of hydrogen-bond donors (Lipinski definition) is 0. The van der Waals surface area contributed by atoms with Gasteiger partial charge in [0.1, 0.15) is 0 Å². The molecule has 1 unspecified atom stereocenters. The molecular weight excluding hydrogens is 595 g/mol. The van der Waals surface area contributed by atoms with Crippen LogP contribution in [0.25, 0.3) is 11.1 Å². The van der Waals surface area contributed by atoms with Crippen LogP contribution in [0.1, 0.15) is 85.3 Å². The molecule has 0 nitrogen and oxygen atoms in total. The van der Waals surface area contributed by atoms with Crippen LogP contribution in [0.5, 0.6) is 0 Å². The minimum atomic E-state index is -2.48. The Labute approximate surface area is 257 Å². The Hall–Kier alpha value is -1.53. The fraction of sp³-hybridized carbons (Fsp3) is 0.361. The Kier molecular flexibility index (Phi) is 10.6. The summed E-state index contributed by atoms with van der Waals surface area (Å²) in [4.78, 5) is 0. The summed E-state index contributed by atoms with van der Waals surface area (Å²) >= 11 is -2.48. The molecule has 39 heavy (non-hydrogen) atoms. The SMILES string of the molecule is CCCCC1C=C(C(C)(C)C)C=[C]1/[Zr+2](=[C](\C)c1ccccc1)[CH]1c2cc(C)ccc2-c2ccc(C)cc21.[Cl-].[Cl-]. The first-order valence-corrected chi connectivity index (χ1v) is 18.0. The van der Waals surface area contributed by atoms with Gasteiger partial charge in [-0.2, -0.15) is 0 Å². The van der Waals surface area contributed by atoms with Crippen molar-refractivity contribution in [1.29, 1.82) is 0 Å². The van der Waals surface area contributed by atoms with Gasteiger partial charge >= 0.3 is 234 Å². The molecule has 0 fully saturated rings. The third kappa shape index (κ3) is 6.37. The first-order valence-electron chi connectivity index (χ1n) is 14.1. The summed E-state index contributed by atoms with van der Waals surface area (Å²) in [5, 5.41) is 0. The molecule has 5 rings (SSSR count). The molecule has 0 bridgehead atoms. The third-order valence-corrected chi connectivity index (χ3v) is 16.8. The van der Waals surface area contributed by atoms with Crippen molar-refractivity contribution in [1.82, 2.24) is 0 Å². The van der Waals surface area contributed by atoms with E-state index in [1.807, 2.05) is 3.28 Å². The van der Waals surface area contributed by atoms with Gasteiger partial charge in [0, 0.05) is 0 Å². The first kappa shape index (κ1) is 32.0. The van der Waals surface area contributed by atoms with Gasteiger partial charge in [0.2, 0.25) is 0 Å². The van der Waals surface area contributed by atoms with E-state index < -0.39 is 21.3 Å². The van der Waals surface area contributed by atoms with E-state index >= 15 is 0 Å². The monoisotopic (exact) mass is 634 g/mol. The number of unbranched alkanes of at least 4 members (excludes halogenated alkanes) is 1. The maximum absolute atomic E-state index is 2.69. The second kappa shape index (κ2) is 13.0. The Morgan fingerprint density at radius 2 is 1.38 bits per heavy atom. The van der Waals surface area contributed by atoms with E-state index in [0.29, 0.717) is 9.54 Å². The maximum Gasteiger partial charge on any atom is -1.00 e. The Balaban J connectivity index is 0.00000210. The molecule has 0 aromatic heterocycles. The fourth-order valence-corrected chi connectivity index (χ4v) is 15.4. The molecule has 204 valence electrons. The third-order valence-electron chi connectivity index (χ3n) is 8.36. The largest absolute Gasteiger partial charge is 1.00 e. The second-order valence-corrected chi connectivity index (χ2v) is 19.0. The molecule has 0 aliphatic heterocycles. The van der Waals surface area contributed by atoms with E-state index in [9.17, 15) is 0 Å². The van der Waals surface area contributed by atoms with Gasteiger partial charge in [0.25, 0.3) is 0 Å². The Bertz CT molecular complexity index is 1370. The van der Waals surface area contributed by atoms with Crippen molar-refractivity contribution in [2.24, 2.45) is 11.3 Å². The number of benzene rings is 3. The maximum atomic E-state index is 2.69. The van der Waals surface area contributed by atoms with E-state index in [0.717, 1.165) is 0 Å². The molecule has 3 aromatic carbocycles. The molecule has 0 N–H and O–H groups in total. The molecule has 0 spiro atoms. The van der Waals surface area contributed by atoms with Crippen LogP contribution >= 0.6 is 0 Å². The van der Waals surface area contributed by atoms with Crippen molar-refractivity contribution in [3.05, 3.63) is 116 Å². The van der Waals surface area contributed by atoms with Crippen LogP contribution in [0.3, 0.4) is 0 Å². The van der Waals surface area contributed by atoms with Crippen LogP contribution in [0.15, 0.2) is 87.7 Å². The Morgan fingerprint density at radius 1 is 0.821 bits per heavy atom. The molecule has 0 heterocycles. The number of fused-ring (bicyclic) bond motifs is 3. The summed E-state index contributed by atoms with van der Waals surface area (Å²) in [5.74, 6) is 0.587. The van der Waals surface area contributed by atoms with Gasteiger partial charge in [0.05, 0.1) is 0 Å². The smallest absolute Gasteiger partial charge is 1.00 e. The predicted octanol–water partition coefficient (Wildman–Crippen LogP) is 3.92. The van der Waals surface area contributed by atoms with Crippen LogP contribution in [0.2, 0.25) is 0 Å². The Morgan fingerprint density at radius 3 is 1.90 bits per heavy atom. The molecule has 2 aliphatic carbocycles. The zero-order valence-electron chi connectivity index (χ0n) is 24.5. The topological polar surface area (TPSA) is 0 Å². The zero-order valence-corrected chi connectivity index (χ0v) is 28.5. The van der Waals surface area contributed by atoms with Crippen molar-refractivity contribution in [3.63, 3.8) is 0 Å². The van der Waals surface area contributed by atoms with Crippen molar-refractivity contribution in [2.75, 3.05) is 0 Å². The summed E-state index contributed by atoms with van der Waals surface area (Å²) in [6.07, 6.45) is 9.18. The van der Waals surface area contributed by atoms with Gasteiger partial charge in [-0.25, -0.2) is 0 Å². The van der Waals surface area contributed by atoms with E-state index in [-0.39, 0.29) is 30.2 Å². The predicted molar refractivity (Wildman–Crippen MR) is 158 cm³/mol. The number of rotatable bonds is 6. The standard InChI is InChI=1S/C15H13.C13H21.C8H8.2ClH.Zr/c1-10-3-5-14-12(7-10)9-13-8-11(2)4-6-15(13)14;1-5-6-7-11-8-9-12(10-11)13(2,3)4;1-2-8-6-4-3-5-7-8;;;/h3-9H,1-2H3;9-11H,5-7H2,1-4H3;3-7H,1H3;2*1H;/q;;;;;+2/p-2. The number of aryl methyl sites for hydroxylation is 2. The fourth-order valence-electron chi connectivity index (χ4n) is 6.29. The van der Waals surface area contributed by atoms with Gasteiger partial charge in [0.15, 0.2) is 0 Å².